The molecule has 396 valence electrons. The molecule has 3 aliphatic heterocycles. The molecule has 12 N–H and O–H groups in total. The van der Waals surface area contributed by atoms with Crippen LogP contribution in [0, 0.1) is 50.2 Å². The molecule has 0 aromatic heterocycles. The normalized spacial score (nSPS) is 52.6. The maximum atomic E-state index is 12.7. The van der Waals surface area contributed by atoms with Crippen LogP contribution in [0.4, 0.5) is 0 Å². The molecule has 3 heterocycles. The lowest BCUT2D eigenvalue weighted by atomic mass is 9.33. The molecular formula is C50H82O19. The minimum atomic E-state index is -1.85. The fourth-order valence-corrected chi connectivity index (χ4v) is 15.6. The smallest absolute Gasteiger partial charge is 0.306 e. The van der Waals surface area contributed by atoms with Gasteiger partial charge >= 0.3 is 5.97 Å². The summed E-state index contributed by atoms with van der Waals surface area (Å²) in [5.41, 5.74) is -0.760. The summed E-state index contributed by atoms with van der Waals surface area (Å²) in [6.07, 6.45) is -15.8. The van der Waals surface area contributed by atoms with Gasteiger partial charge in [0.15, 0.2) is 18.9 Å². The standard InChI is InChI=1S/C50H82O19/c1-45(2)15-16-50(22-64-42-38(61)36(59)33(56)25(65-42)12-17-51)24(19-45)23-8-9-29-47(5)13-11-31(46(3,4)28(47)10-14-48(29,6)49(23,7)20-30(50)53)68-44-40(63)41(35(58)26(66-44)18-32(54)55)69-43-39(62)37(60)34(57)27(21-52)67-43/h8,24-31,33-44,51-53,56-63H,9-22H2,1-7H3,(H,54,55)/t24-,25+,26+,27+,28-,29+,30-,31-,33+,34+,35+,36-,37-,38+,39+,40+,41-,42+,43-,44-,47-,48+,49+,50+/m0/s1. The van der Waals surface area contributed by atoms with Crippen molar-refractivity contribution in [2.24, 2.45) is 50.2 Å². The first-order valence-corrected chi connectivity index (χ1v) is 25.4. The topological polar surface area (TPSA) is 315 Å². The molecule has 19 nitrogen and oxygen atoms in total. The van der Waals surface area contributed by atoms with Crippen molar-refractivity contribution < 1.29 is 94.5 Å². The summed E-state index contributed by atoms with van der Waals surface area (Å²) in [6, 6.07) is 0. The average Bonchev–Trinajstić information content (AvgIpc) is 3.27. The van der Waals surface area contributed by atoms with E-state index in [1.807, 2.05) is 0 Å². The molecule has 4 saturated carbocycles. The number of hydrogen-bond donors (Lipinski definition) is 12. The zero-order valence-corrected chi connectivity index (χ0v) is 41.2. The quantitative estimate of drug-likeness (QED) is 0.0934. The average molecular weight is 987 g/mol. The first-order chi connectivity index (χ1) is 32.2. The summed E-state index contributed by atoms with van der Waals surface area (Å²) in [5, 5.41) is 129. The van der Waals surface area contributed by atoms with Gasteiger partial charge in [-0.15, -0.1) is 0 Å². The number of allylic oxidation sites excluding steroid dienone is 2. The Kier molecular flexibility index (Phi) is 15.1. The largest absolute Gasteiger partial charge is 0.481 e. The first-order valence-electron chi connectivity index (χ1n) is 25.4. The molecule has 8 aliphatic rings. The van der Waals surface area contributed by atoms with E-state index in [-0.39, 0.29) is 53.6 Å². The van der Waals surface area contributed by atoms with E-state index in [0.717, 1.165) is 38.5 Å². The van der Waals surface area contributed by atoms with Crippen LogP contribution in [-0.4, -0.2) is 191 Å². The highest BCUT2D eigenvalue weighted by Crippen LogP contribution is 2.76. The number of aliphatic carboxylic acids is 1. The number of aliphatic hydroxyl groups is 11. The van der Waals surface area contributed by atoms with E-state index in [1.165, 1.54) is 5.57 Å². The van der Waals surface area contributed by atoms with Gasteiger partial charge in [0.2, 0.25) is 0 Å². The summed E-state index contributed by atoms with van der Waals surface area (Å²) in [4.78, 5) is 12.0. The maximum Gasteiger partial charge on any atom is 0.306 e. The summed E-state index contributed by atoms with van der Waals surface area (Å²) >= 11 is 0. The number of hydrogen-bond acceptors (Lipinski definition) is 18. The molecule has 0 aromatic rings. The fourth-order valence-electron chi connectivity index (χ4n) is 15.6. The van der Waals surface area contributed by atoms with Crippen molar-refractivity contribution in [1.29, 1.82) is 0 Å². The van der Waals surface area contributed by atoms with Crippen molar-refractivity contribution in [3.05, 3.63) is 11.6 Å². The van der Waals surface area contributed by atoms with Crippen LogP contribution in [0.15, 0.2) is 11.6 Å². The van der Waals surface area contributed by atoms with Crippen LogP contribution in [0.25, 0.3) is 0 Å². The number of carboxylic acids is 1. The number of rotatable bonds is 12. The van der Waals surface area contributed by atoms with Crippen LogP contribution in [0.5, 0.6) is 0 Å². The zero-order chi connectivity index (χ0) is 50.6. The Bertz CT molecular complexity index is 1860. The molecule has 0 unspecified atom stereocenters. The number of fused-ring (bicyclic) bond motifs is 7. The minimum Gasteiger partial charge on any atom is -0.481 e. The minimum absolute atomic E-state index is 0.0302. The second-order valence-electron chi connectivity index (χ2n) is 24.4. The number of ether oxygens (including phenoxy) is 6. The van der Waals surface area contributed by atoms with Crippen molar-refractivity contribution in [3.63, 3.8) is 0 Å². The maximum absolute atomic E-state index is 12.7. The molecule has 8 rings (SSSR count). The monoisotopic (exact) mass is 987 g/mol. The summed E-state index contributed by atoms with van der Waals surface area (Å²) in [6.45, 7) is 15.0. The molecule has 0 radical (unpaired) electrons. The summed E-state index contributed by atoms with van der Waals surface area (Å²) < 4.78 is 36.5. The highest BCUT2D eigenvalue weighted by molar-refractivity contribution is 5.67. The van der Waals surface area contributed by atoms with Crippen molar-refractivity contribution in [3.8, 4) is 0 Å². The third-order valence-electron chi connectivity index (χ3n) is 19.9. The Labute approximate surface area is 404 Å². The molecule has 19 heteroatoms. The lowest BCUT2D eigenvalue weighted by Gasteiger charge is -2.72. The zero-order valence-electron chi connectivity index (χ0n) is 41.2. The van der Waals surface area contributed by atoms with E-state index in [4.69, 9.17) is 28.4 Å². The molecule has 69 heavy (non-hydrogen) atoms. The van der Waals surface area contributed by atoms with Gasteiger partial charge < -0.3 is 89.7 Å². The van der Waals surface area contributed by atoms with Gasteiger partial charge in [-0.25, -0.2) is 0 Å². The third-order valence-corrected chi connectivity index (χ3v) is 19.9. The highest BCUT2D eigenvalue weighted by atomic mass is 16.7. The second kappa shape index (κ2) is 19.3. The molecule has 0 bridgehead atoms. The molecule has 5 aliphatic carbocycles. The Balaban J connectivity index is 1.03. The van der Waals surface area contributed by atoms with Gasteiger partial charge in [0, 0.05) is 12.0 Å². The number of carbonyl (C=O) groups is 1. The highest BCUT2D eigenvalue weighted by Gasteiger charge is 2.70. The molecule has 0 spiro atoms. The first kappa shape index (κ1) is 53.8. The lowest BCUT2D eigenvalue weighted by molar-refractivity contribution is -0.368. The second-order valence-corrected chi connectivity index (χ2v) is 24.4. The van der Waals surface area contributed by atoms with E-state index in [2.05, 4.69) is 54.5 Å². The molecule has 0 aromatic carbocycles. The van der Waals surface area contributed by atoms with Gasteiger partial charge in [-0.2, -0.15) is 0 Å². The molecule has 24 atom stereocenters. The summed E-state index contributed by atoms with van der Waals surface area (Å²) in [5.74, 6) is -1.03. The van der Waals surface area contributed by atoms with E-state index < -0.39 is 140 Å². The Hall–Kier alpha value is -1.47. The van der Waals surface area contributed by atoms with Gasteiger partial charge in [-0.3, -0.25) is 4.79 Å². The Morgan fingerprint density at radius 3 is 1.94 bits per heavy atom. The Morgan fingerprint density at radius 1 is 0.667 bits per heavy atom. The van der Waals surface area contributed by atoms with Gasteiger partial charge in [-0.1, -0.05) is 60.1 Å². The van der Waals surface area contributed by atoms with E-state index in [9.17, 15) is 66.1 Å². The van der Waals surface area contributed by atoms with Crippen LogP contribution in [-0.2, 0) is 33.2 Å². The predicted molar refractivity (Wildman–Crippen MR) is 241 cm³/mol. The van der Waals surface area contributed by atoms with Gasteiger partial charge in [0.05, 0.1) is 44.1 Å². The van der Waals surface area contributed by atoms with Crippen LogP contribution in [0.1, 0.15) is 119 Å². The van der Waals surface area contributed by atoms with Crippen molar-refractivity contribution >= 4 is 5.97 Å². The molecule has 7 fully saturated rings. The Morgan fingerprint density at radius 2 is 1.29 bits per heavy atom. The van der Waals surface area contributed by atoms with E-state index in [0.29, 0.717) is 19.3 Å². The number of carboxylic acid groups (broad SMARTS) is 1. The van der Waals surface area contributed by atoms with E-state index in [1.54, 1.807) is 0 Å². The number of aliphatic hydroxyl groups excluding tert-OH is 11. The van der Waals surface area contributed by atoms with Gasteiger partial charge in [0.25, 0.3) is 0 Å². The molecular weight excluding hydrogens is 905 g/mol. The fraction of sp³-hybridized carbons (Fsp3) is 0.940. The van der Waals surface area contributed by atoms with Crippen LogP contribution in [0.2, 0.25) is 0 Å². The van der Waals surface area contributed by atoms with Crippen LogP contribution < -0.4 is 0 Å². The molecule has 3 saturated heterocycles. The van der Waals surface area contributed by atoms with Gasteiger partial charge in [0.1, 0.15) is 61.0 Å². The van der Waals surface area contributed by atoms with E-state index >= 15 is 0 Å². The predicted octanol–water partition coefficient (Wildman–Crippen LogP) is 0.457. The third kappa shape index (κ3) is 8.89. The molecule has 0 amide bonds. The van der Waals surface area contributed by atoms with Crippen molar-refractivity contribution in [2.75, 3.05) is 19.8 Å². The van der Waals surface area contributed by atoms with Gasteiger partial charge in [-0.05, 0) is 109 Å². The lowest BCUT2D eigenvalue weighted by Crippen LogP contribution is -2.68. The van der Waals surface area contributed by atoms with Crippen molar-refractivity contribution in [2.45, 2.75) is 223 Å². The SMILES string of the molecule is CC1(C)CC[C@]2(CO[C@@H]3O[C@H](CCO)[C@@H](O)[C@H](O)[C@H]3O)[C@@H](O)C[C@]3(C)C(=CC[C@@H]4[C@@]5(C)CC[C@H](O[C@@H]6O[C@H](CC(=O)O)[C@@H](O)[C@H](O[C@@H]7O[C@H](CO)[C@@H](O)[C@H](O)[C@H]7O)[C@H]6O)C(C)(C)[C@@H]5CC[C@]43C)[C@@H]2C1. The summed E-state index contributed by atoms with van der Waals surface area (Å²) in [7, 11) is 0. The van der Waals surface area contributed by atoms with Crippen LogP contribution >= 0.6 is 0 Å². The van der Waals surface area contributed by atoms with Crippen molar-refractivity contribution in [1.82, 2.24) is 0 Å². The van der Waals surface area contributed by atoms with Crippen LogP contribution in [0.3, 0.4) is 0 Å².